The van der Waals surface area contributed by atoms with Crippen LogP contribution in [0.3, 0.4) is 0 Å². The molecule has 0 spiro atoms. The van der Waals surface area contributed by atoms with Crippen molar-refractivity contribution < 1.29 is 24.5 Å². The zero-order valence-corrected chi connectivity index (χ0v) is 57.7. The fraction of sp³-hybridized carbons (Fsp3) is 0.974. The lowest BCUT2D eigenvalue weighted by Crippen LogP contribution is -2.45. The molecule has 0 aliphatic rings. The third-order valence-corrected chi connectivity index (χ3v) is 18.9. The summed E-state index contributed by atoms with van der Waals surface area (Å²) in [5, 5.41) is 23.5. The Labute approximate surface area is 527 Å². The second-order valence-electron chi connectivity index (χ2n) is 27.4. The van der Waals surface area contributed by atoms with Crippen molar-refractivity contribution in [2.24, 2.45) is 0 Å². The van der Waals surface area contributed by atoms with Crippen LogP contribution in [0.15, 0.2) is 0 Å². The number of carbonyl (C=O) groups is 2. The third-order valence-electron chi connectivity index (χ3n) is 18.9. The summed E-state index contributed by atoms with van der Waals surface area (Å²) in [6, 6.07) is -0.539. The van der Waals surface area contributed by atoms with Gasteiger partial charge in [0.1, 0.15) is 0 Å². The summed E-state index contributed by atoms with van der Waals surface area (Å²) in [4.78, 5) is 24.6. The highest BCUT2D eigenvalue weighted by atomic mass is 16.5. The Morgan fingerprint density at radius 3 is 0.726 bits per heavy atom. The molecule has 0 rings (SSSR count). The number of hydrogen-bond donors (Lipinski definition) is 3. The van der Waals surface area contributed by atoms with Crippen molar-refractivity contribution in [3.05, 3.63) is 0 Å². The quantitative estimate of drug-likeness (QED) is 0.0417. The molecule has 0 aromatic heterocycles. The van der Waals surface area contributed by atoms with Gasteiger partial charge in [-0.2, -0.15) is 0 Å². The maximum atomic E-state index is 12.6. The third kappa shape index (κ3) is 70.0. The van der Waals surface area contributed by atoms with Crippen molar-refractivity contribution in [3.63, 3.8) is 0 Å². The average Bonchev–Trinajstić information content (AvgIpc) is 3.51. The molecule has 1 amide bonds. The van der Waals surface area contributed by atoms with E-state index in [1.807, 2.05) is 0 Å². The molecule has 0 saturated heterocycles. The molecule has 0 aromatic carbocycles. The highest BCUT2D eigenvalue weighted by Crippen LogP contribution is 2.21. The van der Waals surface area contributed by atoms with Gasteiger partial charge in [0.15, 0.2) is 0 Å². The van der Waals surface area contributed by atoms with E-state index in [4.69, 9.17) is 4.74 Å². The van der Waals surface area contributed by atoms with Crippen LogP contribution in [0.1, 0.15) is 463 Å². The SMILES string of the molecule is CCCCCCCCCCCCCCCCCCCCCCCCCC(O)C(CO)NC(=O)CCCCCCCCCCCCCCCCCCCCCCCCCCCCCCCCOC(=O)CCCCCCCCCCCCCCCC. The van der Waals surface area contributed by atoms with Crippen LogP contribution in [-0.2, 0) is 14.3 Å². The van der Waals surface area contributed by atoms with Gasteiger partial charge in [-0.25, -0.2) is 0 Å². The summed E-state index contributed by atoms with van der Waals surface area (Å²) in [6.07, 6.45) is 91.9. The van der Waals surface area contributed by atoms with E-state index >= 15 is 0 Å². The second kappa shape index (κ2) is 74.3. The summed E-state index contributed by atoms with van der Waals surface area (Å²) in [5.41, 5.74) is 0. The number of aliphatic hydroxyl groups excluding tert-OH is 2. The van der Waals surface area contributed by atoms with Crippen LogP contribution < -0.4 is 5.32 Å². The van der Waals surface area contributed by atoms with E-state index in [0.29, 0.717) is 25.9 Å². The van der Waals surface area contributed by atoms with Crippen molar-refractivity contribution in [1.82, 2.24) is 5.32 Å². The van der Waals surface area contributed by atoms with Crippen LogP contribution in [0.2, 0.25) is 0 Å². The molecule has 0 saturated carbocycles. The Balaban J connectivity index is 3.32. The molecule has 3 N–H and O–H groups in total. The van der Waals surface area contributed by atoms with Crippen molar-refractivity contribution in [1.29, 1.82) is 0 Å². The van der Waals surface area contributed by atoms with E-state index in [1.165, 1.54) is 392 Å². The Morgan fingerprint density at radius 1 is 0.286 bits per heavy atom. The van der Waals surface area contributed by atoms with Crippen LogP contribution in [-0.4, -0.2) is 47.4 Å². The van der Waals surface area contributed by atoms with Gasteiger partial charge >= 0.3 is 5.97 Å². The fourth-order valence-corrected chi connectivity index (χ4v) is 12.9. The normalized spacial score (nSPS) is 12.4. The Kier molecular flexibility index (Phi) is 73.3. The van der Waals surface area contributed by atoms with E-state index in [-0.39, 0.29) is 18.5 Å². The van der Waals surface area contributed by atoms with Crippen LogP contribution in [0, 0.1) is 0 Å². The number of rotatable bonds is 75. The zero-order valence-electron chi connectivity index (χ0n) is 57.7. The lowest BCUT2D eigenvalue weighted by atomic mass is 10.0. The smallest absolute Gasteiger partial charge is 0.305 e. The van der Waals surface area contributed by atoms with Crippen molar-refractivity contribution in [2.45, 2.75) is 475 Å². The van der Waals surface area contributed by atoms with E-state index in [9.17, 15) is 19.8 Å². The van der Waals surface area contributed by atoms with Gasteiger partial charge < -0.3 is 20.3 Å². The molecule has 6 nitrogen and oxygen atoms in total. The highest BCUT2D eigenvalue weighted by molar-refractivity contribution is 5.76. The van der Waals surface area contributed by atoms with Crippen LogP contribution in [0.5, 0.6) is 0 Å². The first-order chi connectivity index (χ1) is 41.5. The lowest BCUT2D eigenvalue weighted by molar-refractivity contribution is -0.143. The second-order valence-corrected chi connectivity index (χ2v) is 27.4. The Bertz CT molecular complexity index is 1230. The monoisotopic (exact) mass is 1190 g/mol. The Morgan fingerprint density at radius 2 is 0.488 bits per heavy atom. The van der Waals surface area contributed by atoms with E-state index in [0.717, 1.165) is 38.5 Å². The van der Waals surface area contributed by atoms with E-state index in [1.54, 1.807) is 0 Å². The predicted octanol–water partition coefficient (Wildman–Crippen LogP) is 25.7. The van der Waals surface area contributed by atoms with Crippen LogP contribution in [0.4, 0.5) is 0 Å². The molecular formula is C78H155NO5. The van der Waals surface area contributed by atoms with Gasteiger partial charge in [0.05, 0.1) is 25.4 Å². The van der Waals surface area contributed by atoms with Crippen LogP contribution >= 0.6 is 0 Å². The summed E-state index contributed by atoms with van der Waals surface area (Å²) in [6.45, 7) is 5.02. The van der Waals surface area contributed by atoms with Gasteiger partial charge in [0.25, 0.3) is 0 Å². The number of aliphatic hydroxyl groups is 2. The number of nitrogens with one attached hydrogen (secondary N) is 1. The summed E-state index contributed by atoms with van der Waals surface area (Å²) in [5.74, 6) is -0.000716. The Hall–Kier alpha value is -1.14. The number of hydrogen-bond acceptors (Lipinski definition) is 5. The molecule has 0 aliphatic carbocycles. The van der Waals surface area contributed by atoms with Gasteiger partial charge in [0, 0.05) is 12.8 Å². The van der Waals surface area contributed by atoms with Gasteiger partial charge in [-0.15, -0.1) is 0 Å². The molecule has 0 aliphatic heterocycles. The maximum Gasteiger partial charge on any atom is 0.305 e. The van der Waals surface area contributed by atoms with Crippen molar-refractivity contribution in [2.75, 3.05) is 13.2 Å². The molecule has 2 unspecified atom stereocenters. The van der Waals surface area contributed by atoms with E-state index < -0.39 is 12.1 Å². The minimum atomic E-state index is -0.662. The minimum absolute atomic E-state index is 0.0239. The van der Waals surface area contributed by atoms with Crippen molar-refractivity contribution >= 4 is 11.9 Å². The average molecular weight is 1190 g/mol. The van der Waals surface area contributed by atoms with Gasteiger partial charge in [0.2, 0.25) is 5.91 Å². The fourth-order valence-electron chi connectivity index (χ4n) is 12.9. The first kappa shape index (κ1) is 82.9. The molecule has 6 heteroatoms. The molecule has 0 fully saturated rings. The first-order valence-electron chi connectivity index (χ1n) is 39.3. The molecule has 0 heterocycles. The molecule has 0 bridgehead atoms. The van der Waals surface area contributed by atoms with Gasteiger partial charge in [-0.05, 0) is 25.7 Å². The van der Waals surface area contributed by atoms with Crippen molar-refractivity contribution in [3.8, 4) is 0 Å². The molecule has 502 valence electrons. The number of unbranched alkanes of at least 4 members (excludes halogenated alkanes) is 64. The molecule has 84 heavy (non-hydrogen) atoms. The lowest BCUT2D eigenvalue weighted by Gasteiger charge is -2.22. The standard InChI is InChI=1S/C78H155NO5/c1-3-5-7-9-11-13-15-17-19-20-21-22-31-34-37-40-43-46-50-54-58-62-66-70-76(81)75(74-80)79-77(82)71-67-63-59-55-51-47-44-41-38-35-32-29-27-25-23-24-26-28-30-33-36-39-42-45-49-53-57-61-65-69-73-84-78(83)72-68-64-60-56-52-48-18-16-14-12-10-8-6-4-2/h75-76,80-81H,3-74H2,1-2H3,(H,79,82). The molecule has 0 radical (unpaired) electrons. The van der Waals surface area contributed by atoms with E-state index in [2.05, 4.69) is 19.2 Å². The highest BCUT2D eigenvalue weighted by Gasteiger charge is 2.20. The summed E-state index contributed by atoms with van der Waals surface area (Å²) in [7, 11) is 0. The topological polar surface area (TPSA) is 95.9 Å². The number of amides is 1. The zero-order chi connectivity index (χ0) is 60.6. The van der Waals surface area contributed by atoms with Crippen LogP contribution in [0.25, 0.3) is 0 Å². The maximum absolute atomic E-state index is 12.6. The number of carbonyl (C=O) groups excluding carboxylic acids is 2. The van der Waals surface area contributed by atoms with Gasteiger partial charge in [-0.1, -0.05) is 425 Å². The molecular weight excluding hydrogens is 1030 g/mol. The number of esters is 1. The minimum Gasteiger partial charge on any atom is -0.466 e. The largest absolute Gasteiger partial charge is 0.466 e. The number of ether oxygens (including phenoxy) is 1. The molecule has 2 atom stereocenters. The predicted molar refractivity (Wildman–Crippen MR) is 371 cm³/mol. The summed E-state index contributed by atoms with van der Waals surface area (Å²) < 4.78 is 5.50. The summed E-state index contributed by atoms with van der Waals surface area (Å²) >= 11 is 0. The molecule has 0 aromatic rings. The van der Waals surface area contributed by atoms with Gasteiger partial charge in [-0.3, -0.25) is 9.59 Å². The first-order valence-corrected chi connectivity index (χ1v) is 39.3.